The van der Waals surface area contributed by atoms with E-state index in [1.54, 1.807) is 30.3 Å². The van der Waals surface area contributed by atoms with Crippen LogP contribution >= 0.6 is 0 Å². The average Bonchev–Trinajstić information content (AvgIpc) is 3.20. The molecule has 0 saturated carbocycles. The van der Waals surface area contributed by atoms with Crippen molar-refractivity contribution in [2.75, 3.05) is 22.8 Å². The molecule has 0 radical (unpaired) electrons. The number of benzene rings is 3. The van der Waals surface area contributed by atoms with Gasteiger partial charge in [0.05, 0.1) is 12.3 Å². The number of unbranched alkanes of at least 4 members (excludes halogenated alkanes) is 5. The van der Waals surface area contributed by atoms with Gasteiger partial charge in [0.15, 0.2) is 0 Å². The summed E-state index contributed by atoms with van der Waals surface area (Å²) in [7, 11) is -3.92. The molecule has 200 valence electrons. The summed E-state index contributed by atoms with van der Waals surface area (Å²) in [6.07, 6.45) is 7.38. The molecule has 2 N–H and O–H groups in total. The van der Waals surface area contributed by atoms with Crippen molar-refractivity contribution in [3.05, 3.63) is 78.4 Å². The van der Waals surface area contributed by atoms with Crippen LogP contribution in [-0.2, 0) is 15.0 Å². The van der Waals surface area contributed by atoms with Gasteiger partial charge in [-0.15, -0.1) is 0 Å². The van der Waals surface area contributed by atoms with Crippen LogP contribution in [0.3, 0.4) is 0 Å². The van der Waals surface area contributed by atoms with E-state index in [-0.39, 0.29) is 18.1 Å². The Morgan fingerprint density at radius 3 is 2.24 bits per heavy atom. The highest BCUT2D eigenvalue weighted by Gasteiger charge is 2.34. The van der Waals surface area contributed by atoms with Gasteiger partial charge in [-0.1, -0.05) is 69.4 Å². The average molecular weight is 536 g/mol. The van der Waals surface area contributed by atoms with E-state index in [9.17, 15) is 18.0 Å². The van der Waals surface area contributed by atoms with Crippen molar-refractivity contribution in [2.24, 2.45) is 0 Å². The van der Waals surface area contributed by atoms with Gasteiger partial charge in [0, 0.05) is 11.3 Å². The van der Waals surface area contributed by atoms with Crippen LogP contribution in [-0.4, -0.2) is 33.4 Å². The SMILES string of the molecule is CCCCCCCCOc1ccc(-c2ccc(C(=O)Nc3cccc(N4CC(=O)NS4(=O)=O)c3)cc2)cc1. The molecule has 2 amide bonds. The van der Waals surface area contributed by atoms with E-state index in [0.29, 0.717) is 11.3 Å². The Morgan fingerprint density at radius 2 is 1.58 bits per heavy atom. The fourth-order valence-electron chi connectivity index (χ4n) is 4.25. The van der Waals surface area contributed by atoms with Gasteiger partial charge in [-0.2, -0.15) is 8.42 Å². The van der Waals surface area contributed by atoms with Gasteiger partial charge in [-0.05, 0) is 60.0 Å². The molecule has 3 aromatic carbocycles. The van der Waals surface area contributed by atoms with E-state index in [4.69, 9.17) is 4.74 Å². The number of hydrogen-bond donors (Lipinski definition) is 2. The molecule has 9 heteroatoms. The molecule has 3 aromatic rings. The third-order valence-corrected chi connectivity index (χ3v) is 7.72. The van der Waals surface area contributed by atoms with Crippen LogP contribution in [0.2, 0.25) is 0 Å². The van der Waals surface area contributed by atoms with Gasteiger partial charge in [0.1, 0.15) is 12.3 Å². The molecule has 1 aliphatic heterocycles. The largest absolute Gasteiger partial charge is 0.494 e. The van der Waals surface area contributed by atoms with Gasteiger partial charge >= 0.3 is 10.2 Å². The van der Waals surface area contributed by atoms with Gasteiger partial charge in [-0.25, -0.2) is 9.03 Å². The number of ether oxygens (including phenoxy) is 1. The Hall–Kier alpha value is -3.85. The highest BCUT2D eigenvalue weighted by molar-refractivity contribution is 7.92. The second-order valence-corrected chi connectivity index (χ2v) is 10.9. The monoisotopic (exact) mass is 535 g/mol. The van der Waals surface area contributed by atoms with Crippen molar-refractivity contribution < 1.29 is 22.7 Å². The van der Waals surface area contributed by atoms with Crippen molar-refractivity contribution in [3.8, 4) is 16.9 Å². The van der Waals surface area contributed by atoms with E-state index >= 15 is 0 Å². The molecule has 38 heavy (non-hydrogen) atoms. The lowest BCUT2D eigenvalue weighted by molar-refractivity contribution is -0.117. The first-order valence-electron chi connectivity index (χ1n) is 12.9. The van der Waals surface area contributed by atoms with Gasteiger partial charge in [0.2, 0.25) is 0 Å². The Kier molecular flexibility index (Phi) is 9.02. The molecule has 1 fully saturated rings. The van der Waals surface area contributed by atoms with Crippen LogP contribution in [0.1, 0.15) is 55.8 Å². The van der Waals surface area contributed by atoms with Crippen molar-refractivity contribution in [1.82, 2.24) is 4.72 Å². The van der Waals surface area contributed by atoms with Gasteiger partial charge in [-0.3, -0.25) is 9.59 Å². The number of carbonyl (C=O) groups is 2. The van der Waals surface area contributed by atoms with Crippen LogP contribution in [0.25, 0.3) is 11.1 Å². The number of rotatable bonds is 12. The lowest BCUT2D eigenvalue weighted by Crippen LogP contribution is -2.29. The van der Waals surface area contributed by atoms with E-state index in [1.165, 1.54) is 38.2 Å². The zero-order chi connectivity index (χ0) is 27.0. The van der Waals surface area contributed by atoms with Gasteiger partial charge in [0.25, 0.3) is 11.8 Å². The molecule has 0 atom stereocenters. The number of amides is 2. The molecule has 1 aliphatic rings. The highest BCUT2D eigenvalue weighted by Crippen LogP contribution is 2.26. The highest BCUT2D eigenvalue weighted by atomic mass is 32.2. The Morgan fingerprint density at radius 1 is 0.921 bits per heavy atom. The molecule has 0 unspecified atom stereocenters. The second kappa shape index (κ2) is 12.6. The molecule has 8 nitrogen and oxygen atoms in total. The summed E-state index contributed by atoms with van der Waals surface area (Å²) in [6.45, 7) is 2.64. The minimum atomic E-state index is -3.92. The van der Waals surface area contributed by atoms with E-state index in [1.807, 2.05) is 41.1 Å². The topological polar surface area (TPSA) is 105 Å². The predicted octanol–water partition coefficient (Wildman–Crippen LogP) is 5.53. The van der Waals surface area contributed by atoms with Crippen LogP contribution in [0, 0.1) is 0 Å². The van der Waals surface area contributed by atoms with Crippen LogP contribution in [0.15, 0.2) is 72.8 Å². The normalized spacial score (nSPS) is 14.2. The molecule has 0 spiro atoms. The maximum absolute atomic E-state index is 12.8. The fourth-order valence-corrected chi connectivity index (χ4v) is 5.39. The first-order chi connectivity index (χ1) is 18.4. The lowest BCUT2D eigenvalue weighted by Gasteiger charge is -2.16. The molecule has 0 aromatic heterocycles. The summed E-state index contributed by atoms with van der Waals surface area (Å²) < 4.78 is 32.9. The first kappa shape index (κ1) is 27.2. The zero-order valence-electron chi connectivity index (χ0n) is 21.5. The van der Waals surface area contributed by atoms with Crippen molar-refractivity contribution in [2.45, 2.75) is 45.4 Å². The standard InChI is InChI=1S/C29H33N3O5S/c1-2-3-4-5-6-7-19-37-27-17-15-23(16-18-27)22-11-13-24(14-12-22)29(34)30-25-9-8-10-26(20-25)32-21-28(33)31-38(32,35)36/h8-18,20H,2-7,19,21H2,1H3,(H,30,34)(H,31,33). The molecule has 0 bridgehead atoms. The fraction of sp³-hybridized carbons (Fsp3) is 0.310. The number of anilines is 2. The third-order valence-electron chi connectivity index (χ3n) is 6.31. The smallest absolute Gasteiger partial charge is 0.326 e. The number of hydrogen-bond acceptors (Lipinski definition) is 5. The molecular formula is C29H33N3O5S. The Bertz CT molecular complexity index is 1360. The predicted molar refractivity (Wildman–Crippen MR) is 150 cm³/mol. The number of nitrogens with one attached hydrogen (secondary N) is 2. The van der Waals surface area contributed by atoms with Crippen LogP contribution < -0.4 is 19.1 Å². The summed E-state index contributed by atoms with van der Waals surface area (Å²) >= 11 is 0. The number of carbonyl (C=O) groups excluding carboxylic acids is 2. The summed E-state index contributed by atoms with van der Waals surface area (Å²) in [5.41, 5.74) is 3.16. The number of nitrogens with zero attached hydrogens (tertiary/aromatic N) is 1. The summed E-state index contributed by atoms with van der Waals surface area (Å²) in [5, 5.41) is 2.78. The van der Waals surface area contributed by atoms with E-state index in [2.05, 4.69) is 12.2 Å². The molecular weight excluding hydrogens is 502 g/mol. The van der Waals surface area contributed by atoms with Crippen LogP contribution in [0.5, 0.6) is 5.75 Å². The molecule has 1 saturated heterocycles. The Labute approximate surface area is 224 Å². The maximum atomic E-state index is 12.8. The van der Waals surface area contributed by atoms with Crippen molar-refractivity contribution in [1.29, 1.82) is 0 Å². The Balaban J connectivity index is 1.31. The quantitative estimate of drug-likeness (QED) is 0.297. The van der Waals surface area contributed by atoms with E-state index in [0.717, 1.165) is 34.2 Å². The van der Waals surface area contributed by atoms with Crippen LogP contribution in [0.4, 0.5) is 11.4 Å². The second-order valence-electron chi connectivity index (χ2n) is 9.26. The van der Waals surface area contributed by atoms with Gasteiger partial charge < -0.3 is 10.1 Å². The summed E-state index contributed by atoms with van der Waals surface area (Å²) in [6, 6.07) is 21.5. The minimum Gasteiger partial charge on any atom is -0.494 e. The van der Waals surface area contributed by atoms with Crippen molar-refractivity contribution >= 4 is 33.4 Å². The summed E-state index contributed by atoms with van der Waals surface area (Å²) in [5.74, 6) is -0.0807. The molecule has 1 heterocycles. The lowest BCUT2D eigenvalue weighted by atomic mass is 10.0. The maximum Gasteiger partial charge on any atom is 0.326 e. The molecule has 0 aliphatic carbocycles. The summed E-state index contributed by atoms with van der Waals surface area (Å²) in [4.78, 5) is 24.3. The van der Waals surface area contributed by atoms with Crippen molar-refractivity contribution in [3.63, 3.8) is 0 Å². The van der Waals surface area contributed by atoms with E-state index < -0.39 is 16.1 Å². The zero-order valence-corrected chi connectivity index (χ0v) is 22.3. The third kappa shape index (κ3) is 7.13. The minimum absolute atomic E-state index is 0.288. The molecule has 4 rings (SSSR count). The first-order valence-corrected chi connectivity index (χ1v) is 14.4.